The van der Waals surface area contributed by atoms with Gasteiger partial charge in [-0.1, -0.05) is 29.5 Å². The second-order valence-electron chi connectivity index (χ2n) is 8.59. The smallest absolute Gasteiger partial charge is 0.233 e. The molecule has 9 heteroatoms. The Kier molecular flexibility index (Phi) is 7.54. The summed E-state index contributed by atoms with van der Waals surface area (Å²) in [4.78, 5) is 20.2. The van der Waals surface area contributed by atoms with Crippen LogP contribution >= 0.6 is 11.3 Å². The molecule has 0 N–H and O–H groups in total. The molecule has 1 amide bonds. The fourth-order valence-electron chi connectivity index (χ4n) is 3.92. The standard InChI is InChI=1S/C25H30N2O5S2/c1-4-31-21-8-5-9-22-24(21)26-25(33-22)27(16-19-7-6-14-32-19)23(28)15-18-10-12-20(13-11-18)34(29,30)17(2)3/h5,8-13,17,19H,4,6-7,14-16H2,1-3H3. The summed E-state index contributed by atoms with van der Waals surface area (Å²) >= 11 is 1.46. The van der Waals surface area contributed by atoms with Crippen LogP contribution in [0.1, 0.15) is 39.2 Å². The van der Waals surface area contributed by atoms with Gasteiger partial charge in [-0.3, -0.25) is 9.69 Å². The third kappa shape index (κ3) is 5.26. The minimum absolute atomic E-state index is 0.0270. The molecule has 1 aromatic heterocycles. The summed E-state index contributed by atoms with van der Waals surface area (Å²) in [6.45, 7) is 6.91. The summed E-state index contributed by atoms with van der Waals surface area (Å²) in [5.74, 6) is 0.598. The minimum atomic E-state index is -3.35. The second kappa shape index (κ2) is 10.4. The van der Waals surface area contributed by atoms with Gasteiger partial charge in [-0.05, 0) is 63.4 Å². The Morgan fingerprint density at radius 2 is 2.00 bits per heavy atom. The van der Waals surface area contributed by atoms with Crippen molar-refractivity contribution < 1.29 is 22.7 Å². The molecule has 1 aliphatic heterocycles. The van der Waals surface area contributed by atoms with Crippen molar-refractivity contribution in [2.75, 3.05) is 24.7 Å². The molecule has 0 spiro atoms. The maximum Gasteiger partial charge on any atom is 0.233 e. The number of rotatable bonds is 9. The number of thiazole rings is 1. The van der Waals surface area contributed by atoms with Crippen molar-refractivity contribution in [1.82, 2.24) is 4.98 Å². The lowest BCUT2D eigenvalue weighted by Gasteiger charge is -2.23. The van der Waals surface area contributed by atoms with E-state index >= 15 is 0 Å². The van der Waals surface area contributed by atoms with Crippen LogP contribution in [0, 0.1) is 0 Å². The molecule has 182 valence electrons. The van der Waals surface area contributed by atoms with Crippen LogP contribution in [0.3, 0.4) is 0 Å². The van der Waals surface area contributed by atoms with E-state index in [-0.39, 0.29) is 23.3 Å². The quantitative estimate of drug-likeness (QED) is 0.424. The molecule has 1 aliphatic rings. The molecule has 0 aliphatic carbocycles. The summed E-state index contributed by atoms with van der Waals surface area (Å²) in [7, 11) is -3.35. The number of benzene rings is 2. The van der Waals surface area contributed by atoms with Crippen LogP contribution in [-0.4, -0.2) is 50.4 Å². The number of hydrogen-bond donors (Lipinski definition) is 0. The molecule has 7 nitrogen and oxygen atoms in total. The number of nitrogens with zero attached hydrogens (tertiary/aromatic N) is 2. The predicted molar refractivity (Wildman–Crippen MR) is 135 cm³/mol. The predicted octanol–water partition coefficient (Wildman–Crippen LogP) is 4.63. The van der Waals surface area contributed by atoms with E-state index in [1.807, 2.05) is 25.1 Å². The number of amides is 1. The highest BCUT2D eigenvalue weighted by Gasteiger charge is 2.27. The van der Waals surface area contributed by atoms with Crippen LogP contribution in [0.2, 0.25) is 0 Å². The van der Waals surface area contributed by atoms with Crippen LogP contribution in [0.4, 0.5) is 5.13 Å². The molecule has 0 radical (unpaired) electrons. The van der Waals surface area contributed by atoms with E-state index in [1.165, 1.54) is 11.3 Å². The number of sulfone groups is 1. The molecule has 2 aromatic carbocycles. The van der Waals surface area contributed by atoms with E-state index < -0.39 is 15.1 Å². The summed E-state index contributed by atoms with van der Waals surface area (Å²) in [6, 6.07) is 12.4. The van der Waals surface area contributed by atoms with Crippen molar-refractivity contribution in [3.63, 3.8) is 0 Å². The molecule has 1 atom stereocenters. The number of anilines is 1. The van der Waals surface area contributed by atoms with Crippen molar-refractivity contribution in [1.29, 1.82) is 0 Å². The van der Waals surface area contributed by atoms with E-state index in [9.17, 15) is 13.2 Å². The van der Waals surface area contributed by atoms with Crippen molar-refractivity contribution in [2.45, 2.75) is 56.3 Å². The topological polar surface area (TPSA) is 85.8 Å². The Bertz CT molecular complexity index is 1250. The number of ether oxygens (including phenoxy) is 2. The molecule has 1 fully saturated rings. The average Bonchev–Trinajstić information content (AvgIpc) is 3.48. The van der Waals surface area contributed by atoms with Gasteiger partial charge in [-0.25, -0.2) is 13.4 Å². The molecule has 0 bridgehead atoms. The van der Waals surface area contributed by atoms with E-state index in [1.54, 1.807) is 43.0 Å². The van der Waals surface area contributed by atoms with Crippen LogP contribution in [-0.2, 0) is 25.8 Å². The van der Waals surface area contributed by atoms with Gasteiger partial charge in [0.25, 0.3) is 0 Å². The number of aromatic nitrogens is 1. The molecule has 1 saturated heterocycles. The number of para-hydroxylation sites is 1. The van der Waals surface area contributed by atoms with Gasteiger partial charge in [0.15, 0.2) is 15.0 Å². The largest absolute Gasteiger partial charge is 0.492 e. The monoisotopic (exact) mass is 502 g/mol. The molecule has 3 aromatic rings. The number of carbonyl (C=O) groups excluding carboxylic acids is 1. The molecule has 2 heterocycles. The Morgan fingerprint density at radius 3 is 2.65 bits per heavy atom. The van der Waals surface area contributed by atoms with Gasteiger partial charge in [0.05, 0.1) is 40.5 Å². The van der Waals surface area contributed by atoms with Crippen molar-refractivity contribution in [3.05, 3.63) is 48.0 Å². The van der Waals surface area contributed by atoms with Crippen LogP contribution in [0.15, 0.2) is 47.4 Å². The van der Waals surface area contributed by atoms with Gasteiger partial charge in [0.2, 0.25) is 5.91 Å². The Balaban J connectivity index is 1.60. The van der Waals surface area contributed by atoms with Gasteiger partial charge in [0.1, 0.15) is 11.3 Å². The molecular weight excluding hydrogens is 472 g/mol. The fraction of sp³-hybridized carbons (Fsp3) is 0.440. The summed E-state index contributed by atoms with van der Waals surface area (Å²) in [5, 5.41) is 0.115. The van der Waals surface area contributed by atoms with Gasteiger partial charge >= 0.3 is 0 Å². The first kappa shape index (κ1) is 24.6. The highest BCUT2D eigenvalue weighted by Crippen LogP contribution is 2.35. The zero-order chi connectivity index (χ0) is 24.3. The lowest BCUT2D eigenvalue weighted by Crippen LogP contribution is -2.38. The Labute approximate surface area is 204 Å². The number of carbonyl (C=O) groups is 1. The molecule has 1 unspecified atom stereocenters. The van der Waals surface area contributed by atoms with Crippen LogP contribution < -0.4 is 9.64 Å². The lowest BCUT2D eigenvalue weighted by molar-refractivity contribution is -0.118. The van der Waals surface area contributed by atoms with Crippen molar-refractivity contribution >= 4 is 42.4 Å². The normalized spacial score (nSPS) is 16.3. The minimum Gasteiger partial charge on any atom is -0.492 e. The van der Waals surface area contributed by atoms with E-state index in [4.69, 9.17) is 14.5 Å². The van der Waals surface area contributed by atoms with Gasteiger partial charge < -0.3 is 9.47 Å². The number of hydrogen-bond acceptors (Lipinski definition) is 7. The maximum absolute atomic E-state index is 13.5. The third-order valence-corrected chi connectivity index (χ3v) is 9.05. The van der Waals surface area contributed by atoms with Crippen molar-refractivity contribution in [3.8, 4) is 5.75 Å². The third-order valence-electron chi connectivity index (χ3n) is 5.84. The number of fused-ring (bicyclic) bond motifs is 1. The fourth-order valence-corrected chi connectivity index (χ4v) is 5.99. The van der Waals surface area contributed by atoms with Crippen LogP contribution in [0.25, 0.3) is 10.2 Å². The summed E-state index contributed by atoms with van der Waals surface area (Å²) < 4.78 is 37.3. The van der Waals surface area contributed by atoms with Gasteiger partial charge in [-0.15, -0.1) is 0 Å². The summed E-state index contributed by atoms with van der Waals surface area (Å²) in [6.07, 6.45) is 2.00. The van der Waals surface area contributed by atoms with E-state index in [2.05, 4.69) is 0 Å². The Morgan fingerprint density at radius 1 is 1.24 bits per heavy atom. The lowest BCUT2D eigenvalue weighted by atomic mass is 10.1. The average molecular weight is 503 g/mol. The zero-order valence-electron chi connectivity index (χ0n) is 19.7. The zero-order valence-corrected chi connectivity index (χ0v) is 21.3. The molecule has 34 heavy (non-hydrogen) atoms. The van der Waals surface area contributed by atoms with Crippen LogP contribution in [0.5, 0.6) is 5.75 Å². The molecular formula is C25H30N2O5S2. The Hall–Kier alpha value is -2.49. The first-order chi connectivity index (χ1) is 16.3. The van der Waals surface area contributed by atoms with Gasteiger partial charge in [-0.2, -0.15) is 0 Å². The van der Waals surface area contributed by atoms with E-state index in [0.717, 1.165) is 28.6 Å². The first-order valence-corrected chi connectivity index (χ1v) is 13.9. The molecule has 0 saturated carbocycles. The van der Waals surface area contributed by atoms with E-state index in [0.29, 0.717) is 30.6 Å². The summed E-state index contributed by atoms with van der Waals surface area (Å²) in [5.41, 5.74) is 1.50. The van der Waals surface area contributed by atoms with Crippen molar-refractivity contribution in [2.24, 2.45) is 0 Å². The maximum atomic E-state index is 13.5. The first-order valence-electron chi connectivity index (χ1n) is 11.6. The van der Waals surface area contributed by atoms with Gasteiger partial charge in [0, 0.05) is 6.61 Å². The second-order valence-corrected chi connectivity index (χ2v) is 12.1. The highest BCUT2D eigenvalue weighted by molar-refractivity contribution is 7.92. The SMILES string of the molecule is CCOc1cccc2sc(N(CC3CCCO3)C(=O)Cc3ccc(S(=O)(=O)C(C)C)cc3)nc12. The highest BCUT2D eigenvalue weighted by atomic mass is 32.2. The molecule has 4 rings (SSSR count).